The molecule has 18 heavy (non-hydrogen) atoms. The van der Waals surface area contributed by atoms with Gasteiger partial charge in [-0.05, 0) is 29.5 Å². The molecule has 2 N–H and O–H groups in total. The Bertz CT molecular complexity index is 421. The summed E-state index contributed by atoms with van der Waals surface area (Å²) >= 11 is 0. The Morgan fingerprint density at radius 2 is 2.06 bits per heavy atom. The minimum absolute atomic E-state index is 0.328. The summed E-state index contributed by atoms with van der Waals surface area (Å²) in [6.07, 6.45) is 1.07. The highest BCUT2D eigenvalue weighted by Crippen LogP contribution is 2.18. The summed E-state index contributed by atoms with van der Waals surface area (Å²) in [5.41, 5.74) is 7.84. The van der Waals surface area contributed by atoms with Gasteiger partial charge in [0.2, 0.25) is 0 Å². The van der Waals surface area contributed by atoms with Gasteiger partial charge in [-0.25, -0.2) is 0 Å². The maximum atomic E-state index is 5.68. The van der Waals surface area contributed by atoms with E-state index in [1.54, 1.807) is 0 Å². The van der Waals surface area contributed by atoms with Crippen molar-refractivity contribution in [3.05, 3.63) is 35.4 Å². The van der Waals surface area contributed by atoms with Crippen LogP contribution in [-0.4, -0.2) is 13.2 Å². The molecule has 0 amide bonds. The first-order valence-corrected chi connectivity index (χ1v) is 6.37. The standard InChI is InChI=1S/C16H23NO/c1-16(2,3)9-11-18-13-15-7-4-6-14(12-15)8-5-10-17/h4,6-7,12H,9-11,13,17H2,1-3H3. The van der Waals surface area contributed by atoms with Crippen molar-refractivity contribution in [3.63, 3.8) is 0 Å². The molecule has 2 nitrogen and oxygen atoms in total. The lowest BCUT2D eigenvalue weighted by molar-refractivity contribution is 0.0962. The zero-order chi connectivity index (χ0) is 13.4. The van der Waals surface area contributed by atoms with Gasteiger partial charge in [0.25, 0.3) is 0 Å². The van der Waals surface area contributed by atoms with Gasteiger partial charge in [-0.1, -0.05) is 44.7 Å². The van der Waals surface area contributed by atoms with E-state index in [9.17, 15) is 0 Å². The largest absolute Gasteiger partial charge is 0.377 e. The summed E-state index contributed by atoms with van der Waals surface area (Å²) in [6, 6.07) is 8.11. The number of hydrogen-bond donors (Lipinski definition) is 1. The summed E-state index contributed by atoms with van der Waals surface area (Å²) in [6.45, 7) is 8.50. The third-order valence-corrected chi connectivity index (χ3v) is 2.53. The van der Waals surface area contributed by atoms with Crippen molar-refractivity contribution in [2.75, 3.05) is 13.2 Å². The molecule has 0 aliphatic carbocycles. The van der Waals surface area contributed by atoms with Gasteiger partial charge in [-0.3, -0.25) is 0 Å². The average molecular weight is 245 g/mol. The van der Waals surface area contributed by atoms with E-state index in [4.69, 9.17) is 10.5 Å². The quantitative estimate of drug-likeness (QED) is 0.654. The lowest BCUT2D eigenvalue weighted by atomic mass is 9.93. The fraction of sp³-hybridized carbons (Fsp3) is 0.500. The second-order valence-corrected chi connectivity index (χ2v) is 5.57. The van der Waals surface area contributed by atoms with Crippen LogP contribution >= 0.6 is 0 Å². The Morgan fingerprint density at radius 1 is 1.28 bits per heavy atom. The molecule has 0 aliphatic rings. The van der Waals surface area contributed by atoms with Crippen LogP contribution in [0, 0.1) is 17.3 Å². The second-order valence-electron chi connectivity index (χ2n) is 5.57. The smallest absolute Gasteiger partial charge is 0.0717 e. The normalized spacial score (nSPS) is 10.9. The monoisotopic (exact) mass is 245 g/mol. The van der Waals surface area contributed by atoms with Crippen LogP contribution in [-0.2, 0) is 11.3 Å². The molecule has 0 atom stereocenters. The Kier molecular flexibility index (Phi) is 5.91. The Hall–Kier alpha value is -1.30. The van der Waals surface area contributed by atoms with E-state index in [1.165, 1.54) is 0 Å². The molecule has 0 fully saturated rings. The summed E-state index contributed by atoms with van der Waals surface area (Å²) in [7, 11) is 0. The molecule has 0 saturated heterocycles. The van der Waals surface area contributed by atoms with Gasteiger partial charge in [0.15, 0.2) is 0 Å². The van der Waals surface area contributed by atoms with Crippen LogP contribution in [0.25, 0.3) is 0 Å². The molecular formula is C16H23NO. The first-order valence-electron chi connectivity index (χ1n) is 6.37. The van der Waals surface area contributed by atoms with Crippen LogP contribution in [0.3, 0.4) is 0 Å². The van der Waals surface area contributed by atoms with Crippen molar-refractivity contribution in [2.24, 2.45) is 11.1 Å². The van der Waals surface area contributed by atoms with Crippen LogP contribution in [0.15, 0.2) is 24.3 Å². The van der Waals surface area contributed by atoms with Crippen LogP contribution in [0.5, 0.6) is 0 Å². The number of nitrogens with two attached hydrogens (primary N) is 1. The van der Waals surface area contributed by atoms with E-state index in [1.807, 2.05) is 12.1 Å². The van der Waals surface area contributed by atoms with Gasteiger partial charge in [0.1, 0.15) is 0 Å². The molecule has 1 aromatic rings. The van der Waals surface area contributed by atoms with E-state index >= 15 is 0 Å². The van der Waals surface area contributed by atoms with Gasteiger partial charge in [-0.2, -0.15) is 0 Å². The Balaban J connectivity index is 2.43. The second kappa shape index (κ2) is 7.20. The first-order chi connectivity index (χ1) is 8.51. The molecule has 0 unspecified atom stereocenters. The summed E-state index contributed by atoms with van der Waals surface area (Å²) in [5.74, 6) is 5.88. The van der Waals surface area contributed by atoms with Crippen molar-refractivity contribution < 1.29 is 4.74 Å². The topological polar surface area (TPSA) is 35.2 Å². The Morgan fingerprint density at radius 3 is 2.72 bits per heavy atom. The maximum Gasteiger partial charge on any atom is 0.0717 e. The van der Waals surface area contributed by atoms with Crippen LogP contribution in [0.1, 0.15) is 38.3 Å². The Labute approximate surface area is 111 Å². The van der Waals surface area contributed by atoms with Crippen molar-refractivity contribution in [1.29, 1.82) is 0 Å². The molecule has 0 spiro atoms. The van der Waals surface area contributed by atoms with Gasteiger partial charge in [-0.15, -0.1) is 0 Å². The number of ether oxygens (including phenoxy) is 1. The van der Waals surface area contributed by atoms with Crippen LogP contribution < -0.4 is 5.73 Å². The van der Waals surface area contributed by atoms with Crippen molar-refractivity contribution >= 4 is 0 Å². The molecule has 0 radical (unpaired) electrons. The average Bonchev–Trinajstić information content (AvgIpc) is 2.31. The fourth-order valence-corrected chi connectivity index (χ4v) is 1.46. The third-order valence-electron chi connectivity index (χ3n) is 2.53. The van der Waals surface area contributed by atoms with Gasteiger partial charge in [0, 0.05) is 12.2 Å². The number of benzene rings is 1. The van der Waals surface area contributed by atoms with E-state index in [0.717, 1.165) is 24.2 Å². The predicted octanol–water partition coefficient (Wildman–Crippen LogP) is 2.95. The molecule has 98 valence electrons. The van der Waals surface area contributed by atoms with Crippen LogP contribution in [0.2, 0.25) is 0 Å². The van der Waals surface area contributed by atoms with E-state index in [2.05, 4.69) is 44.7 Å². The minimum atomic E-state index is 0.328. The van der Waals surface area contributed by atoms with E-state index in [-0.39, 0.29) is 0 Å². The molecular weight excluding hydrogens is 222 g/mol. The van der Waals surface area contributed by atoms with Crippen molar-refractivity contribution in [1.82, 2.24) is 0 Å². The highest BCUT2D eigenvalue weighted by molar-refractivity contribution is 5.37. The molecule has 0 aliphatic heterocycles. The molecule has 2 heteroatoms. The van der Waals surface area contributed by atoms with Gasteiger partial charge >= 0.3 is 0 Å². The fourth-order valence-electron chi connectivity index (χ4n) is 1.46. The van der Waals surface area contributed by atoms with E-state index < -0.39 is 0 Å². The maximum absolute atomic E-state index is 5.68. The lowest BCUT2D eigenvalue weighted by Crippen LogP contribution is -2.09. The highest BCUT2D eigenvalue weighted by atomic mass is 16.5. The molecule has 0 bridgehead atoms. The SMILES string of the molecule is CC(C)(C)CCOCc1cccc(C#CCN)c1. The van der Waals surface area contributed by atoms with Gasteiger partial charge < -0.3 is 10.5 Å². The zero-order valence-electron chi connectivity index (χ0n) is 11.6. The molecule has 0 saturated carbocycles. The molecule has 0 aromatic heterocycles. The summed E-state index contributed by atoms with van der Waals surface area (Å²) in [4.78, 5) is 0. The summed E-state index contributed by atoms with van der Waals surface area (Å²) < 4.78 is 5.68. The highest BCUT2D eigenvalue weighted by Gasteiger charge is 2.09. The van der Waals surface area contributed by atoms with Crippen molar-refractivity contribution in [3.8, 4) is 11.8 Å². The van der Waals surface area contributed by atoms with E-state index in [0.29, 0.717) is 18.6 Å². The molecule has 1 aromatic carbocycles. The summed E-state index contributed by atoms with van der Waals surface area (Å²) in [5, 5.41) is 0. The lowest BCUT2D eigenvalue weighted by Gasteiger charge is -2.17. The minimum Gasteiger partial charge on any atom is -0.377 e. The third kappa shape index (κ3) is 6.44. The zero-order valence-corrected chi connectivity index (χ0v) is 11.6. The first kappa shape index (κ1) is 14.8. The predicted molar refractivity (Wildman–Crippen MR) is 76.1 cm³/mol. The van der Waals surface area contributed by atoms with Crippen molar-refractivity contribution in [2.45, 2.75) is 33.8 Å². The number of hydrogen-bond acceptors (Lipinski definition) is 2. The van der Waals surface area contributed by atoms with Gasteiger partial charge in [0.05, 0.1) is 13.2 Å². The van der Waals surface area contributed by atoms with Crippen LogP contribution in [0.4, 0.5) is 0 Å². The molecule has 0 heterocycles. The molecule has 1 rings (SSSR count). The number of rotatable bonds is 4.